The number of nitrogens with one attached hydrogen (secondary N) is 1. The fourth-order valence-corrected chi connectivity index (χ4v) is 2.64. The van der Waals surface area contributed by atoms with Crippen LogP contribution in [0.1, 0.15) is 27.2 Å². The lowest BCUT2D eigenvalue weighted by molar-refractivity contribution is 0.101. The number of carbonyl (C=O) groups excluding carboxylic acids is 1. The third-order valence-corrected chi connectivity index (χ3v) is 4.06. The van der Waals surface area contributed by atoms with Crippen LogP contribution in [0.4, 0.5) is 10.1 Å². The quantitative estimate of drug-likeness (QED) is 0.784. The van der Waals surface area contributed by atoms with Gasteiger partial charge >= 0.3 is 0 Å². The van der Waals surface area contributed by atoms with Crippen molar-refractivity contribution in [2.75, 3.05) is 5.32 Å². The number of carbonyl (C=O) groups is 1. The second-order valence-electron chi connectivity index (χ2n) is 6.06. The van der Waals surface area contributed by atoms with Gasteiger partial charge in [0.15, 0.2) is 0 Å². The maximum atomic E-state index is 13.0. The highest BCUT2D eigenvalue weighted by Gasteiger charge is 2.13. The van der Waals surface area contributed by atoms with Crippen LogP contribution in [-0.2, 0) is 6.54 Å². The molecule has 0 bridgehead atoms. The van der Waals surface area contributed by atoms with Gasteiger partial charge in [-0.05, 0) is 48.7 Å². The average Bonchev–Trinajstić information content (AvgIpc) is 2.62. The van der Waals surface area contributed by atoms with Gasteiger partial charge < -0.3 is 5.32 Å². The number of halogens is 1. The van der Waals surface area contributed by atoms with Crippen molar-refractivity contribution >= 4 is 11.6 Å². The van der Waals surface area contributed by atoms with Crippen molar-refractivity contribution in [2.45, 2.75) is 20.4 Å². The lowest BCUT2D eigenvalue weighted by Gasteiger charge is -2.12. The molecule has 1 N–H and O–H groups in total. The number of para-hydroxylation sites is 1. The predicted molar refractivity (Wildman–Crippen MR) is 97.9 cm³/mol. The number of aromatic nitrogens is 2. The zero-order valence-corrected chi connectivity index (χ0v) is 14.5. The van der Waals surface area contributed by atoms with Gasteiger partial charge in [-0.15, -0.1) is 0 Å². The Morgan fingerprint density at radius 1 is 1.04 bits per heavy atom. The van der Waals surface area contributed by atoms with Crippen molar-refractivity contribution in [3.8, 4) is 0 Å². The maximum absolute atomic E-state index is 13.0. The highest BCUT2D eigenvalue weighted by Crippen LogP contribution is 2.19. The van der Waals surface area contributed by atoms with E-state index in [0.717, 1.165) is 16.8 Å². The molecule has 0 spiro atoms. The van der Waals surface area contributed by atoms with E-state index in [4.69, 9.17) is 0 Å². The fraction of sp³-hybridized carbons (Fsp3) is 0.150. The van der Waals surface area contributed by atoms with Crippen LogP contribution in [0.2, 0.25) is 0 Å². The van der Waals surface area contributed by atoms with Crippen LogP contribution in [0.5, 0.6) is 0 Å². The molecule has 1 aromatic heterocycles. The summed E-state index contributed by atoms with van der Waals surface area (Å²) in [5, 5.41) is 6.99. The van der Waals surface area contributed by atoms with Crippen LogP contribution < -0.4 is 10.9 Å². The largest absolute Gasteiger partial charge is 0.320 e. The van der Waals surface area contributed by atoms with Crippen LogP contribution in [0.25, 0.3) is 0 Å². The van der Waals surface area contributed by atoms with Gasteiger partial charge in [0.05, 0.1) is 6.54 Å². The van der Waals surface area contributed by atoms with Crippen LogP contribution in [0, 0.1) is 19.7 Å². The van der Waals surface area contributed by atoms with Crippen molar-refractivity contribution in [3.63, 3.8) is 0 Å². The topological polar surface area (TPSA) is 64.0 Å². The Kier molecular flexibility index (Phi) is 4.93. The van der Waals surface area contributed by atoms with E-state index in [-0.39, 0.29) is 23.6 Å². The van der Waals surface area contributed by atoms with Crippen LogP contribution in [0.15, 0.2) is 59.4 Å². The number of amides is 1. The first kappa shape index (κ1) is 17.5. The summed E-state index contributed by atoms with van der Waals surface area (Å²) in [4.78, 5) is 24.6. The molecule has 0 saturated carbocycles. The fourth-order valence-electron chi connectivity index (χ4n) is 2.64. The minimum atomic E-state index is -0.393. The molecule has 3 rings (SSSR count). The van der Waals surface area contributed by atoms with E-state index in [1.807, 2.05) is 32.0 Å². The number of nitrogens with zero attached hydrogens (tertiary/aromatic N) is 2. The predicted octanol–water partition coefficient (Wildman–Crippen LogP) is 3.30. The highest BCUT2D eigenvalue weighted by atomic mass is 19.1. The molecule has 1 heterocycles. The first-order valence-corrected chi connectivity index (χ1v) is 8.14. The van der Waals surface area contributed by atoms with Gasteiger partial charge in [0.25, 0.3) is 11.5 Å². The molecule has 5 nitrogen and oxygen atoms in total. The average molecular weight is 351 g/mol. The molecular weight excluding hydrogens is 333 g/mol. The van der Waals surface area contributed by atoms with Gasteiger partial charge in [0, 0.05) is 11.8 Å². The number of hydrogen-bond acceptors (Lipinski definition) is 3. The van der Waals surface area contributed by atoms with Crippen LogP contribution in [0.3, 0.4) is 0 Å². The Labute approximate surface area is 150 Å². The van der Waals surface area contributed by atoms with E-state index in [1.54, 1.807) is 12.1 Å². The van der Waals surface area contributed by atoms with Crippen molar-refractivity contribution < 1.29 is 9.18 Å². The van der Waals surface area contributed by atoms with Crippen molar-refractivity contribution in [2.24, 2.45) is 0 Å². The molecule has 0 radical (unpaired) electrons. The van der Waals surface area contributed by atoms with E-state index in [1.165, 1.54) is 28.9 Å². The molecule has 132 valence electrons. The Hall–Kier alpha value is -3.28. The third kappa shape index (κ3) is 3.85. The maximum Gasteiger partial charge on any atom is 0.276 e. The smallest absolute Gasteiger partial charge is 0.276 e. The monoisotopic (exact) mass is 351 g/mol. The lowest BCUT2D eigenvalue weighted by Crippen LogP contribution is -2.26. The number of benzene rings is 2. The molecule has 3 aromatic rings. The highest BCUT2D eigenvalue weighted by molar-refractivity contribution is 6.03. The molecule has 0 fully saturated rings. The van der Waals surface area contributed by atoms with Gasteiger partial charge in [-0.25, -0.2) is 9.07 Å². The zero-order chi connectivity index (χ0) is 18.7. The molecule has 2 aromatic carbocycles. The third-order valence-electron chi connectivity index (χ3n) is 4.06. The second-order valence-corrected chi connectivity index (χ2v) is 6.06. The normalized spacial score (nSPS) is 10.6. The molecule has 0 atom stereocenters. The first-order valence-electron chi connectivity index (χ1n) is 8.14. The molecule has 6 heteroatoms. The summed E-state index contributed by atoms with van der Waals surface area (Å²) >= 11 is 0. The van der Waals surface area contributed by atoms with Crippen molar-refractivity contribution in [1.29, 1.82) is 0 Å². The Morgan fingerprint density at radius 3 is 2.35 bits per heavy atom. The van der Waals surface area contributed by atoms with Gasteiger partial charge in [0.2, 0.25) is 0 Å². The lowest BCUT2D eigenvalue weighted by atomic mass is 10.1. The van der Waals surface area contributed by atoms with E-state index in [0.29, 0.717) is 5.56 Å². The molecule has 0 aliphatic heterocycles. The summed E-state index contributed by atoms with van der Waals surface area (Å²) in [6, 6.07) is 14.2. The SMILES string of the molecule is Cc1cccc(C)c1NC(=O)c1ccc(=O)n(Cc2ccc(F)cc2)n1. The van der Waals surface area contributed by atoms with Gasteiger partial charge in [-0.1, -0.05) is 30.3 Å². The Balaban J connectivity index is 1.85. The summed E-state index contributed by atoms with van der Waals surface area (Å²) in [6.45, 7) is 3.97. The standard InChI is InChI=1S/C20H18FN3O2/c1-13-4-3-5-14(2)19(13)22-20(26)17-10-11-18(25)24(23-17)12-15-6-8-16(21)9-7-15/h3-11H,12H2,1-2H3,(H,22,26). The summed E-state index contributed by atoms with van der Waals surface area (Å²) in [5.74, 6) is -0.744. The number of aryl methyl sites for hydroxylation is 2. The summed E-state index contributed by atoms with van der Waals surface area (Å²) in [5.41, 5.74) is 3.13. The van der Waals surface area contributed by atoms with Crippen LogP contribution >= 0.6 is 0 Å². The minimum Gasteiger partial charge on any atom is -0.320 e. The van der Waals surface area contributed by atoms with Crippen molar-refractivity contribution in [1.82, 2.24) is 9.78 Å². The summed E-state index contributed by atoms with van der Waals surface area (Å²) < 4.78 is 14.2. The zero-order valence-electron chi connectivity index (χ0n) is 14.5. The summed E-state index contributed by atoms with van der Waals surface area (Å²) in [7, 11) is 0. The molecular formula is C20H18FN3O2. The van der Waals surface area contributed by atoms with E-state index in [2.05, 4.69) is 10.4 Å². The van der Waals surface area contributed by atoms with Crippen molar-refractivity contribution in [3.05, 3.63) is 93.2 Å². The molecule has 1 amide bonds. The minimum absolute atomic E-state index is 0.134. The first-order chi connectivity index (χ1) is 12.4. The molecule has 0 saturated heterocycles. The van der Waals surface area contributed by atoms with Gasteiger partial charge in [-0.2, -0.15) is 5.10 Å². The second kappa shape index (κ2) is 7.31. The van der Waals surface area contributed by atoms with E-state index < -0.39 is 5.91 Å². The molecule has 26 heavy (non-hydrogen) atoms. The molecule has 0 aliphatic carbocycles. The number of rotatable bonds is 4. The number of hydrogen-bond donors (Lipinski definition) is 1. The van der Waals surface area contributed by atoms with E-state index >= 15 is 0 Å². The molecule has 0 aliphatic rings. The Bertz CT molecular complexity index is 990. The summed E-state index contributed by atoms with van der Waals surface area (Å²) in [6.07, 6.45) is 0. The number of anilines is 1. The van der Waals surface area contributed by atoms with E-state index in [9.17, 15) is 14.0 Å². The van der Waals surface area contributed by atoms with Gasteiger partial charge in [-0.3, -0.25) is 9.59 Å². The Morgan fingerprint density at radius 2 is 1.69 bits per heavy atom. The van der Waals surface area contributed by atoms with Crippen LogP contribution in [-0.4, -0.2) is 15.7 Å². The van der Waals surface area contributed by atoms with Gasteiger partial charge in [0.1, 0.15) is 11.5 Å². The molecule has 0 unspecified atom stereocenters.